The van der Waals surface area contributed by atoms with Gasteiger partial charge in [0.25, 0.3) is 0 Å². The maximum atomic E-state index is 12.0. The van der Waals surface area contributed by atoms with Crippen molar-refractivity contribution in [3.8, 4) is 0 Å². The van der Waals surface area contributed by atoms with Crippen LogP contribution in [0.1, 0.15) is 24.8 Å². The van der Waals surface area contributed by atoms with Crippen molar-refractivity contribution in [1.82, 2.24) is 20.5 Å². The first kappa shape index (κ1) is 15.9. The standard InChI is InChI=1S/C16H26N4O/c1-17-8-4-14-5-9-20(10-6-14)13-16(21)19-12-15-3-2-7-18-11-15/h2-3,7,11,14,17H,4-6,8-10,12-13H2,1H3,(H,19,21). The molecule has 1 amide bonds. The van der Waals surface area contributed by atoms with E-state index in [1.165, 1.54) is 19.3 Å². The van der Waals surface area contributed by atoms with E-state index in [2.05, 4.69) is 20.5 Å². The number of rotatable bonds is 7. The molecular formula is C16H26N4O. The molecule has 1 aliphatic heterocycles. The van der Waals surface area contributed by atoms with Gasteiger partial charge in [0.15, 0.2) is 0 Å². The van der Waals surface area contributed by atoms with E-state index in [9.17, 15) is 4.79 Å². The third-order valence-electron chi connectivity index (χ3n) is 4.09. The highest BCUT2D eigenvalue weighted by atomic mass is 16.2. The first-order valence-electron chi connectivity index (χ1n) is 7.80. The molecule has 5 nitrogen and oxygen atoms in total. The molecule has 0 radical (unpaired) electrons. The zero-order valence-electron chi connectivity index (χ0n) is 12.8. The number of amides is 1. The van der Waals surface area contributed by atoms with Crippen molar-refractivity contribution in [3.63, 3.8) is 0 Å². The summed E-state index contributed by atoms with van der Waals surface area (Å²) in [5.74, 6) is 0.916. The summed E-state index contributed by atoms with van der Waals surface area (Å²) in [6.07, 6.45) is 7.18. The predicted molar refractivity (Wildman–Crippen MR) is 83.8 cm³/mol. The van der Waals surface area contributed by atoms with Gasteiger partial charge in [-0.1, -0.05) is 6.07 Å². The Morgan fingerprint density at radius 1 is 1.43 bits per heavy atom. The van der Waals surface area contributed by atoms with E-state index in [0.29, 0.717) is 13.1 Å². The minimum atomic E-state index is 0.104. The van der Waals surface area contributed by atoms with Gasteiger partial charge < -0.3 is 10.6 Å². The lowest BCUT2D eigenvalue weighted by molar-refractivity contribution is -0.122. The van der Waals surface area contributed by atoms with Crippen LogP contribution in [0.3, 0.4) is 0 Å². The fraction of sp³-hybridized carbons (Fsp3) is 0.625. The number of likely N-dealkylation sites (tertiary alicyclic amines) is 1. The van der Waals surface area contributed by atoms with Gasteiger partial charge in [0, 0.05) is 18.9 Å². The van der Waals surface area contributed by atoms with Crippen molar-refractivity contribution >= 4 is 5.91 Å². The predicted octanol–water partition coefficient (Wildman–Crippen LogP) is 1.02. The lowest BCUT2D eigenvalue weighted by Crippen LogP contribution is -2.41. The van der Waals surface area contributed by atoms with Crippen molar-refractivity contribution in [1.29, 1.82) is 0 Å². The largest absolute Gasteiger partial charge is 0.351 e. The molecule has 1 aliphatic rings. The van der Waals surface area contributed by atoms with Gasteiger partial charge in [0.1, 0.15) is 0 Å². The second kappa shape index (κ2) is 8.74. The van der Waals surface area contributed by atoms with Gasteiger partial charge in [-0.15, -0.1) is 0 Å². The van der Waals surface area contributed by atoms with Gasteiger partial charge >= 0.3 is 0 Å². The summed E-state index contributed by atoms with van der Waals surface area (Å²) in [5, 5.41) is 6.17. The van der Waals surface area contributed by atoms with E-state index in [1.807, 2.05) is 19.2 Å². The molecule has 0 saturated carbocycles. The molecule has 1 aromatic heterocycles. The molecule has 1 fully saturated rings. The second-order valence-corrected chi connectivity index (χ2v) is 5.75. The van der Waals surface area contributed by atoms with E-state index < -0.39 is 0 Å². The summed E-state index contributed by atoms with van der Waals surface area (Å²) in [7, 11) is 2.00. The molecule has 2 heterocycles. The Balaban J connectivity index is 1.63. The van der Waals surface area contributed by atoms with Crippen LogP contribution in [0.25, 0.3) is 0 Å². The van der Waals surface area contributed by atoms with Crippen LogP contribution in [0, 0.1) is 5.92 Å². The Morgan fingerprint density at radius 3 is 2.90 bits per heavy atom. The van der Waals surface area contributed by atoms with Crippen LogP contribution in [0.15, 0.2) is 24.5 Å². The first-order valence-corrected chi connectivity index (χ1v) is 7.80. The molecule has 0 spiro atoms. The minimum absolute atomic E-state index is 0.104. The maximum Gasteiger partial charge on any atom is 0.234 e. The average molecular weight is 290 g/mol. The molecule has 0 unspecified atom stereocenters. The lowest BCUT2D eigenvalue weighted by Gasteiger charge is -2.31. The van der Waals surface area contributed by atoms with E-state index in [-0.39, 0.29) is 5.91 Å². The zero-order valence-corrected chi connectivity index (χ0v) is 12.8. The van der Waals surface area contributed by atoms with Crippen molar-refractivity contribution in [3.05, 3.63) is 30.1 Å². The van der Waals surface area contributed by atoms with Crippen LogP contribution in [-0.4, -0.2) is 49.0 Å². The lowest BCUT2D eigenvalue weighted by atomic mass is 9.93. The van der Waals surface area contributed by atoms with Gasteiger partial charge in [-0.2, -0.15) is 0 Å². The molecule has 21 heavy (non-hydrogen) atoms. The zero-order chi connectivity index (χ0) is 14.9. The molecule has 2 rings (SSSR count). The van der Waals surface area contributed by atoms with Gasteiger partial charge in [-0.3, -0.25) is 14.7 Å². The minimum Gasteiger partial charge on any atom is -0.351 e. The summed E-state index contributed by atoms with van der Waals surface area (Å²) in [6, 6.07) is 3.86. The summed E-state index contributed by atoms with van der Waals surface area (Å²) in [4.78, 5) is 18.3. The topological polar surface area (TPSA) is 57.3 Å². The third-order valence-corrected chi connectivity index (χ3v) is 4.09. The molecule has 2 N–H and O–H groups in total. The van der Waals surface area contributed by atoms with E-state index in [0.717, 1.165) is 31.1 Å². The number of nitrogens with zero attached hydrogens (tertiary/aromatic N) is 2. The van der Waals surface area contributed by atoms with Crippen LogP contribution in [0.2, 0.25) is 0 Å². The van der Waals surface area contributed by atoms with E-state index >= 15 is 0 Å². The van der Waals surface area contributed by atoms with Crippen molar-refractivity contribution in [2.75, 3.05) is 33.2 Å². The molecular weight excluding hydrogens is 264 g/mol. The average Bonchev–Trinajstić information content (AvgIpc) is 2.53. The fourth-order valence-electron chi connectivity index (χ4n) is 2.74. The Kier molecular flexibility index (Phi) is 6.63. The van der Waals surface area contributed by atoms with Crippen molar-refractivity contribution in [2.45, 2.75) is 25.8 Å². The molecule has 0 aromatic carbocycles. The van der Waals surface area contributed by atoms with Gasteiger partial charge in [0.2, 0.25) is 5.91 Å². The Bertz CT molecular complexity index is 416. The highest BCUT2D eigenvalue weighted by Gasteiger charge is 2.20. The second-order valence-electron chi connectivity index (χ2n) is 5.75. The Hall–Kier alpha value is -1.46. The number of carbonyl (C=O) groups is 1. The molecule has 0 atom stereocenters. The maximum absolute atomic E-state index is 12.0. The quantitative estimate of drug-likeness (QED) is 0.787. The summed E-state index contributed by atoms with van der Waals surface area (Å²) in [6.45, 7) is 4.24. The number of pyridine rings is 1. The van der Waals surface area contributed by atoms with Crippen LogP contribution < -0.4 is 10.6 Å². The number of carbonyl (C=O) groups excluding carboxylic acids is 1. The van der Waals surface area contributed by atoms with Gasteiger partial charge in [0.05, 0.1) is 6.54 Å². The summed E-state index contributed by atoms with van der Waals surface area (Å²) < 4.78 is 0. The number of aromatic nitrogens is 1. The van der Waals surface area contributed by atoms with Crippen LogP contribution in [0.4, 0.5) is 0 Å². The molecule has 0 bridgehead atoms. The van der Waals surface area contributed by atoms with Gasteiger partial charge in [-0.05, 0) is 63.5 Å². The smallest absolute Gasteiger partial charge is 0.234 e. The van der Waals surface area contributed by atoms with Crippen molar-refractivity contribution < 1.29 is 4.79 Å². The van der Waals surface area contributed by atoms with Crippen molar-refractivity contribution in [2.24, 2.45) is 5.92 Å². The normalized spacial score (nSPS) is 16.8. The highest BCUT2D eigenvalue weighted by molar-refractivity contribution is 5.78. The fourth-order valence-corrected chi connectivity index (χ4v) is 2.74. The van der Waals surface area contributed by atoms with Crippen LogP contribution in [0.5, 0.6) is 0 Å². The molecule has 0 aliphatic carbocycles. The number of nitrogens with one attached hydrogen (secondary N) is 2. The first-order chi connectivity index (χ1) is 10.3. The summed E-state index contributed by atoms with van der Waals surface area (Å²) >= 11 is 0. The van der Waals surface area contributed by atoms with Crippen LogP contribution >= 0.6 is 0 Å². The summed E-state index contributed by atoms with van der Waals surface area (Å²) in [5.41, 5.74) is 1.04. The molecule has 116 valence electrons. The number of hydrogen-bond donors (Lipinski definition) is 2. The Labute approximate surface area is 127 Å². The number of piperidine rings is 1. The van der Waals surface area contributed by atoms with Gasteiger partial charge in [-0.25, -0.2) is 0 Å². The number of hydrogen-bond acceptors (Lipinski definition) is 4. The van der Waals surface area contributed by atoms with Crippen LogP contribution in [-0.2, 0) is 11.3 Å². The molecule has 1 aromatic rings. The SMILES string of the molecule is CNCCC1CCN(CC(=O)NCc2cccnc2)CC1. The van der Waals surface area contributed by atoms with E-state index in [4.69, 9.17) is 0 Å². The van der Waals surface area contributed by atoms with E-state index in [1.54, 1.807) is 12.4 Å². The Morgan fingerprint density at radius 2 is 2.24 bits per heavy atom. The third kappa shape index (κ3) is 5.81. The monoisotopic (exact) mass is 290 g/mol. The molecule has 5 heteroatoms. The highest BCUT2D eigenvalue weighted by Crippen LogP contribution is 2.19. The molecule has 1 saturated heterocycles.